The highest BCUT2D eigenvalue weighted by molar-refractivity contribution is 7.99. The van der Waals surface area contributed by atoms with E-state index in [0.717, 1.165) is 28.1 Å². The Morgan fingerprint density at radius 1 is 0.918 bits per heavy atom. The topological polar surface area (TPSA) is 120 Å². The number of aromatic nitrogens is 3. The van der Waals surface area contributed by atoms with Gasteiger partial charge in [-0.25, -0.2) is 5.01 Å². The van der Waals surface area contributed by atoms with E-state index in [1.165, 1.54) is 11.8 Å². The van der Waals surface area contributed by atoms with E-state index in [4.69, 9.17) is 19.3 Å². The van der Waals surface area contributed by atoms with Crippen molar-refractivity contribution in [2.45, 2.75) is 37.1 Å². The fourth-order valence-electron chi connectivity index (χ4n) is 5.61. The van der Waals surface area contributed by atoms with Crippen molar-refractivity contribution in [3.63, 3.8) is 0 Å². The Balaban J connectivity index is 1.22. The van der Waals surface area contributed by atoms with Crippen LogP contribution in [0.25, 0.3) is 0 Å². The molecule has 0 fully saturated rings. The van der Waals surface area contributed by atoms with Crippen LogP contribution in [0.3, 0.4) is 0 Å². The van der Waals surface area contributed by atoms with Crippen LogP contribution in [-0.2, 0) is 24.3 Å². The van der Waals surface area contributed by atoms with Crippen LogP contribution < -0.4 is 19.5 Å². The van der Waals surface area contributed by atoms with Crippen molar-refractivity contribution in [1.82, 2.24) is 25.1 Å². The maximum absolute atomic E-state index is 14.0. The van der Waals surface area contributed by atoms with Crippen LogP contribution in [0.5, 0.6) is 17.2 Å². The number of nitrogens with zero attached hydrogens (tertiary/aromatic N) is 5. The molecule has 0 saturated carbocycles. The number of nitrogens with one attached hydrogen (secondary N) is 1. The van der Waals surface area contributed by atoms with Gasteiger partial charge in [-0.3, -0.25) is 9.59 Å². The van der Waals surface area contributed by atoms with Crippen LogP contribution in [0.15, 0.2) is 101 Å². The molecule has 1 atom stereocenters. The lowest BCUT2D eigenvalue weighted by Gasteiger charge is -2.24. The molecule has 13 heteroatoms. The summed E-state index contributed by atoms with van der Waals surface area (Å²) < 4.78 is 18.5. The minimum absolute atomic E-state index is 0.0751. The van der Waals surface area contributed by atoms with Gasteiger partial charge in [-0.2, -0.15) is 5.10 Å². The summed E-state index contributed by atoms with van der Waals surface area (Å²) in [6, 6.07) is 26.3. The number of benzene rings is 3. The van der Waals surface area contributed by atoms with Crippen molar-refractivity contribution in [3.8, 4) is 17.2 Å². The first-order chi connectivity index (χ1) is 24.0. The van der Waals surface area contributed by atoms with Crippen LogP contribution in [0.2, 0.25) is 0 Å². The Labute approximate surface area is 292 Å². The van der Waals surface area contributed by atoms with E-state index >= 15 is 0 Å². The predicted molar refractivity (Wildman–Crippen MR) is 190 cm³/mol. The summed E-state index contributed by atoms with van der Waals surface area (Å²) in [4.78, 5) is 27.9. The Morgan fingerprint density at radius 2 is 1.73 bits per heavy atom. The summed E-state index contributed by atoms with van der Waals surface area (Å²) in [5, 5.41) is 20.8. The van der Waals surface area contributed by atoms with E-state index < -0.39 is 0 Å². The fourth-order valence-corrected chi connectivity index (χ4v) is 7.17. The number of aryl methyl sites for hydroxylation is 1. The molecule has 0 radical (unpaired) electrons. The lowest BCUT2D eigenvalue weighted by molar-refractivity contribution is -0.130. The molecule has 0 spiro atoms. The Kier molecular flexibility index (Phi) is 10.9. The van der Waals surface area contributed by atoms with Crippen molar-refractivity contribution in [1.29, 1.82) is 0 Å². The van der Waals surface area contributed by atoms with Crippen molar-refractivity contribution in [2.75, 3.05) is 27.1 Å². The Hall–Kier alpha value is -5.14. The van der Waals surface area contributed by atoms with Gasteiger partial charge in [0, 0.05) is 24.1 Å². The molecule has 1 aliphatic heterocycles. The number of methoxy groups -OCH3 is 3. The molecule has 2 amide bonds. The minimum Gasteiger partial charge on any atom is -0.497 e. The van der Waals surface area contributed by atoms with Gasteiger partial charge < -0.3 is 24.1 Å². The third-order valence-corrected chi connectivity index (χ3v) is 9.98. The first-order valence-electron chi connectivity index (χ1n) is 15.6. The maximum atomic E-state index is 14.0. The molecule has 5 aromatic rings. The van der Waals surface area contributed by atoms with Gasteiger partial charge in [0.05, 0.1) is 50.3 Å². The van der Waals surface area contributed by atoms with Crippen LogP contribution in [0.1, 0.15) is 44.6 Å². The van der Waals surface area contributed by atoms with Gasteiger partial charge in [-0.15, -0.1) is 21.5 Å². The molecule has 2 aromatic heterocycles. The van der Waals surface area contributed by atoms with Crippen LogP contribution in [-0.4, -0.2) is 64.4 Å². The first kappa shape index (κ1) is 33.7. The molecule has 252 valence electrons. The molecular formula is C36H36N6O5S2. The second-order valence-electron chi connectivity index (χ2n) is 11.1. The van der Waals surface area contributed by atoms with E-state index in [1.54, 1.807) is 61.9 Å². The zero-order valence-corrected chi connectivity index (χ0v) is 29.0. The van der Waals surface area contributed by atoms with Crippen molar-refractivity contribution >= 4 is 40.6 Å². The number of hydrogen-bond donors (Lipinski definition) is 1. The minimum atomic E-state index is -0.380. The molecule has 0 saturated heterocycles. The number of ether oxygens (including phenoxy) is 3. The third kappa shape index (κ3) is 7.79. The summed E-state index contributed by atoms with van der Waals surface area (Å²) in [6.07, 6.45) is 1.25. The average Bonchev–Trinajstić information content (AvgIpc) is 3.92. The molecule has 49 heavy (non-hydrogen) atoms. The highest BCUT2D eigenvalue weighted by Crippen LogP contribution is 2.42. The lowest BCUT2D eigenvalue weighted by atomic mass is 9.99. The van der Waals surface area contributed by atoms with E-state index in [1.807, 2.05) is 58.5 Å². The maximum Gasteiger partial charge on any atom is 0.253 e. The third-order valence-electron chi connectivity index (χ3n) is 8.11. The van der Waals surface area contributed by atoms with Crippen molar-refractivity contribution < 1.29 is 23.8 Å². The van der Waals surface area contributed by atoms with Crippen LogP contribution >= 0.6 is 23.1 Å². The number of carbonyl (C=O) groups excluding carboxylic acids is 2. The zero-order valence-electron chi connectivity index (χ0n) is 27.4. The van der Waals surface area contributed by atoms with Gasteiger partial charge in [-0.1, -0.05) is 60.3 Å². The second-order valence-corrected chi connectivity index (χ2v) is 12.9. The predicted octanol–water partition coefficient (Wildman–Crippen LogP) is 6.01. The van der Waals surface area contributed by atoms with Crippen LogP contribution in [0, 0.1) is 0 Å². The quantitative estimate of drug-likeness (QED) is 0.140. The van der Waals surface area contributed by atoms with Gasteiger partial charge in [-0.05, 0) is 53.8 Å². The molecule has 11 nitrogen and oxygen atoms in total. The monoisotopic (exact) mass is 696 g/mol. The number of rotatable bonds is 14. The number of hydrogen-bond acceptors (Lipinski definition) is 10. The number of carbonyl (C=O) groups is 2. The number of hydrazone groups is 1. The molecule has 0 aliphatic carbocycles. The molecule has 6 rings (SSSR count). The van der Waals surface area contributed by atoms with E-state index in [0.29, 0.717) is 46.8 Å². The highest BCUT2D eigenvalue weighted by Gasteiger charge is 2.36. The number of thiophene rings is 1. The van der Waals surface area contributed by atoms with Crippen molar-refractivity contribution in [3.05, 3.63) is 118 Å². The molecule has 0 bridgehead atoms. The normalized spacial score (nSPS) is 14.0. The van der Waals surface area contributed by atoms with E-state index in [2.05, 4.69) is 27.6 Å². The molecule has 1 unspecified atom stereocenters. The lowest BCUT2D eigenvalue weighted by Crippen LogP contribution is -2.29. The van der Waals surface area contributed by atoms with E-state index in [9.17, 15) is 9.59 Å². The average molecular weight is 697 g/mol. The summed E-state index contributed by atoms with van der Waals surface area (Å²) in [5.41, 5.74) is 3.31. The molecule has 1 N–H and O–H groups in total. The first-order valence-corrected chi connectivity index (χ1v) is 17.5. The Morgan fingerprint density at radius 3 is 2.45 bits per heavy atom. The number of thioether (sulfide) groups is 1. The standard InChI is InChI=1S/C36H36N6O5S2/c1-45-26-16-14-25(15-17-26)35(44)37-22-32-38-39-36(41(32)19-18-24-9-5-4-6-10-24)49-23-33(43)42-29(21-28(40-42)31-13-8-20-48-31)27-11-7-12-30(46-2)34(27)47-3/h4-17,20,29H,18-19,21-23H2,1-3H3,(H,37,44). The SMILES string of the molecule is COc1ccc(C(=O)NCc2nnc(SCC(=O)N3N=C(c4cccs4)CC3c3cccc(OC)c3OC)n2CCc2ccccc2)cc1. The van der Waals surface area contributed by atoms with E-state index in [-0.39, 0.29) is 30.2 Å². The highest BCUT2D eigenvalue weighted by atomic mass is 32.2. The molecule has 1 aliphatic rings. The van der Waals surface area contributed by atoms with Crippen LogP contribution in [0.4, 0.5) is 0 Å². The molecular weight excluding hydrogens is 661 g/mol. The summed E-state index contributed by atoms with van der Waals surface area (Å²) in [6.45, 7) is 0.731. The Bertz CT molecular complexity index is 1910. The fraction of sp³-hybridized carbons (Fsp3) is 0.250. The smallest absolute Gasteiger partial charge is 0.253 e. The zero-order chi connectivity index (χ0) is 34.2. The number of amides is 2. The van der Waals surface area contributed by atoms with Gasteiger partial charge in [0.15, 0.2) is 22.5 Å². The summed E-state index contributed by atoms with van der Waals surface area (Å²) >= 11 is 2.88. The molecule has 3 heterocycles. The van der Waals surface area contributed by atoms with Gasteiger partial charge in [0.1, 0.15) is 5.75 Å². The molecule has 3 aromatic carbocycles. The van der Waals surface area contributed by atoms with Gasteiger partial charge in [0.2, 0.25) is 0 Å². The van der Waals surface area contributed by atoms with Gasteiger partial charge >= 0.3 is 0 Å². The summed E-state index contributed by atoms with van der Waals surface area (Å²) in [5.74, 6) is 2.08. The van der Waals surface area contributed by atoms with Gasteiger partial charge in [0.25, 0.3) is 11.8 Å². The second kappa shape index (κ2) is 15.8. The number of para-hydroxylation sites is 1. The summed E-state index contributed by atoms with van der Waals surface area (Å²) in [7, 11) is 4.77. The van der Waals surface area contributed by atoms with Crippen molar-refractivity contribution in [2.24, 2.45) is 5.10 Å². The largest absolute Gasteiger partial charge is 0.497 e.